The predicted molar refractivity (Wildman–Crippen MR) is 94.7 cm³/mol. The van der Waals surface area contributed by atoms with Crippen LogP contribution in [0.25, 0.3) is 0 Å². The zero-order valence-corrected chi connectivity index (χ0v) is 14.5. The summed E-state index contributed by atoms with van der Waals surface area (Å²) in [6, 6.07) is 7.69. The van der Waals surface area contributed by atoms with Gasteiger partial charge in [-0.15, -0.1) is 6.42 Å². The van der Waals surface area contributed by atoms with Crippen LogP contribution in [0.4, 0.5) is 0 Å². The Bertz CT molecular complexity index is 620. The highest BCUT2D eigenvalue weighted by molar-refractivity contribution is 6.31. The van der Waals surface area contributed by atoms with Crippen molar-refractivity contribution >= 4 is 17.5 Å². The summed E-state index contributed by atoms with van der Waals surface area (Å²) in [6.45, 7) is 4.26. The molecule has 0 aliphatic carbocycles. The number of morpholine rings is 1. The zero-order valence-electron chi connectivity index (χ0n) is 13.8. The predicted octanol–water partition coefficient (Wildman–Crippen LogP) is 2.59. The smallest absolute Gasteiger partial charge is 0.225 e. The van der Waals surface area contributed by atoms with Crippen LogP contribution in [0.1, 0.15) is 24.5 Å². The maximum absolute atomic E-state index is 12.9. The Labute approximate surface area is 148 Å². The molecule has 2 aliphatic rings. The van der Waals surface area contributed by atoms with Crippen LogP contribution in [0.2, 0.25) is 5.02 Å². The molecule has 2 fully saturated rings. The maximum atomic E-state index is 12.9. The van der Waals surface area contributed by atoms with Gasteiger partial charge in [0.15, 0.2) is 0 Å². The average molecular weight is 347 g/mol. The molecular formula is C19H23ClN2O2. The van der Waals surface area contributed by atoms with Gasteiger partial charge < -0.3 is 9.64 Å². The van der Waals surface area contributed by atoms with Gasteiger partial charge in [0, 0.05) is 23.0 Å². The van der Waals surface area contributed by atoms with E-state index in [9.17, 15) is 4.79 Å². The molecule has 4 nitrogen and oxygen atoms in total. The molecule has 2 heterocycles. The van der Waals surface area contributed by atoms with Crippen LogP contribution in [-0.4, -0.2) is 55.0 Å². The monoisotopic (exact) mass is 346 g/mol. The van der Waals surface area contributed by atoms with E-state index in [1.165, 1.54) is 0 Å². The average Bonchev–Trinajstić information content (AvgIpc) is 2.62. The lowest BCUT2D eigenvalue weighted by Gasteiger charge is -2.37. The molecule has 1 aromatic rings. The van der Waals surface area contributed by atoms with E-state index >= 15 is 0 Å². The first-order valence-corrected chi connectivity index (χ1v) is 8.87. The van der Waals surface area contributed by atoms with E-state index in [0.717, 1.165) is 31.5 Å². The highest BCUT2D eigenvalue weighted by atomic mass is 35.5. The quantitative estimate of drug-likeness (QED) is 0.789. The Morgan fingerprint density at radius 3 is 2.75 bits per heavy atom. The number of amides is 1. The standard InChI is InChI=1S/C19H23ClN2O2/c1-2-9-21-10-7-15(8-11-21)19(23)22-12-13-24-18(14-22)16-5-3-4-6-17(16)20/h1,3-6,15,18H,7-14H2/t18-/m0/s1. The number of likely N-dealkylation sites (tertiary alicyclic amines) is 1. The molecule has 0 aromatic heterocycles. The molecule has 0 N–H and O–H groups in total. The van der Waals surface area contributed by atoms with Crippen molar-refractivity contribution in [2.24, 2.45) is 5.92 Å². The van der Waals surface area contributed by atoms with Crippen molar-refractivity contribution in [3.63, 3.8) is 0 Å². The summed E-state index contributed by atoms with van der Waals surface area (Å²) in [4.78, 5) is 17.0. The molecule has 5 heteroatoms. The molecule has 0 spiro atoms. The second-order valence-corrected chi connectivity index (χ2v) is 6.83. The Hall–Kier alpha value is -1.54. The number of carbonyl (C=O) groups excluding carboxylic acids is 1. The summed E-state index contributed by atoms with van der Waals surface area (Å²) in [6.07, 6.45) is 6.99. The second-order valence-electron chi connectivity index (χ2n) is 6.42. The highest BCUT2D eigenvalue weighted by Gasteiger charge is 2.32. The molecule has 24 heavy (non-hydrogen) atoms. The third-order valence-electron chi connectivity index (χ3n) is 4.88. The van der Waals surface area contributed by atoms with Crippen molar-refractivity contribution in [2.45, 2.75) is 18.9 Å². The van der Waals surface area contributed by atoms with Crippen LogP contribution in [0, 0.1) is 18.3 Å². The lowest BCUT2D eigenvalue weighted by Crippen LogP contribution is -2.47. The minimum absolute atomic E-state index is 0.101. The summed E-state index contributed by atoms with van der Waals surface area (Å²) in [5, 5.41) is 0.694. The highest BCUT2D eigenvalue weighted by Crippen LogP contribution is 2.29. The van der Waals surface area contributed by atoms with Crippen molar-refractivity contribution in [1.82, 2.24) is 9.80 Å². The third-order valence-corrected chi connectivity index (χ3v) is 5.23. The number of piperidine rings is 1. The first kappa shape index (κ1) is 17.3. The van der Waals surface area contributed by atoms with Gasteiger partial charge in [0.1, 0.15) is 6.10 Å². The van der Waals surface area contributed by atoms with Crippen molar-refractivity contribution in [3.8, 4) is 12.3 Å². The van der Waals surface area contributed by atoms with Crippen molar-refractivity contribution < 1.29 is 9.53 Å². The summed E-state index contributed by atoms with van der Waals surface area (Å²) in [5.41, 5.74) is 0.959. The number of terminal acetylenes is 1. The Balaban J connectivity index is 1.60. The zero-order chi connectivity index (χ0) is 16.9. The Morgan fingerprint density at radius 1 is 1.29 bits per heavy atom. The van der Waals surface area contributed by atoms with Crippen LogP contribution in [0.5, 0.6) is 0 Å². The fourth-order valence-corrected chi connectivity index (χ4v) is 3.76. The van der Waals surface area contributed by atoms with Gasteiger partial charge in [-0.2, -0.15) is 0 Å². The molecule has 1 aromatic carbocycles. The van der Waals surface area contributed by atoms with Crippen LogP contribution in [0.15, 0.2) is 24.3 Å². The van der Waals surface area contributed by atoms with E-state index < -0.39 is 0 Å². The molecule has 1 amide bonds. The summed E-state index contributed by atoms with van der Waals surface area (Å²) in [7, 11) is 0. The number of benzene rings is 1. The first-order valence-electron chi connectivity index (χ1n) is 8.49. The number of carbonyl (C=O) groups is 1. The van der Waals surface area contributed by atoms with E-state index in [4.69, 9.17) is 22.8 Å². The normalized spacial score (nSPS) is 23.0. The molecule has 0 saturated carbocycles. The molecule has 0 unspecified atom stereocenters. The Kier molecular flexibility index (Phi) is 5.78. The summed E-state index contributed by atoms with van der Waals surface area (Å²) < 4.78 is 5.85. The lowest BCUT2D eigenvalue weighted by atomic mass is 9.94. The number of hydrogen-bond acceptors (Lipinski definition) is 3. The van der Waals surface area contributed by atoms with Crippen molar-refractivity contribution in [2.75, 3.05) is 39.3 Å². The lowest BCUT2D eigenvalue weighted by molar-refractivity contribution is -0.144. The molecule has 3 rings (SSSR count). The molecular weight excluding hydrogens is 324 g/mol. The molecule has 128 valence electrons. The first-order chi connectivity index (χ1) is 11.7. The van der Waals surface area contributed by atoms with Gasteiger partial charge >= 0.3 is 0 Å². The van der Waals surface area contributed by atoms with Crippen molar-refractivity contribution in [3.05, 3.63) is 34.9 Å². The minimum atomic E-state index is -0.141. The van der Waals surface area contributed by atoms with Gasteiger partial charge in [-0.3, -0.25) is 9.69 Å². The van der Waals surface area contributed by atoms with Gasteiger partial charge in [0.2, 0.25) is 5.91 Å². The number of nitrogens with zero attached hydrogens (tertiary/aromatic N) is 2. The van der Waals surface area contributed by atoms with Crippen LogP contribution in [0.3, 0.4) is 0 Å². The van der Waals surface area contributed by atoms with Gasteiger partial charge in [-0.1, -0.05) is 35.7 Å². The van der Waals surface area contributed by atoms with Crippen molar-refractivity contribution in [1.29, 1.82) is 0 Å². The fourth-order valence-electron chi connectivity index (χ4n) is 3.50. The number of ether oxygens (including phenoxy) is 1. The van der Waals surface area contributed by atoms with E-state index in [2.05, 4.69) is 10.8 Å². The Morgan fingerprint density at radius 2 is 2.04 bits per heavy atom. The van der Waals surface area contributed by atoms with Crippen LogP contribution >= 0.6 is 11.6 Å². The van der Waals surface area contributed by atoms with E-state index in [1.54, 1.807) is 0 Å². The van der Waals surface area contributed by atoms with E-state index in [0.29, 0.717) is 31.3 Å². The van der Waals surface area contributed by atoms with Gasteiger partial charge in [0.05, 0.1) is 19.7 Å². The molecule has 0 radical (unpaired) electrons. The number of hydrogen-bond donors (Lipinski definition) is 0. The van der Waals surface area contributed by atoms with Gasteiger partial charge in [-0.25, -0.2) is 0 Å². The topological polar surface area (TPSA) is 32.8 Å². The maximum Gasteiger partial charge on any atom is 0.225 e. The van der Waals surface area contributed by atoms with Crippen LogP contribution in [-0.2, 0) is 9.53 Å². The second kappa shape index (κ2) is 8.02. The third kappa shape index (κ3) is 3.92. The van der Waals surface area contributed by atoms with Gasteiger partial charge in [0.25, 0.3) is 0 Å². The minimum Gasteiger partial charge on any atom is -0.370 e. The number of halogens is 1. The molecule has 2 aliphatic heterocycles. The van der Waals surface area contributed by atoms with Gasteiger partial charge in [-0.05, 0) is 32.0 Å². The van der Waals surface area contributed by atoms with E-state index in [1.807, 2.05) is 29.2 Å². The number of rotatable bonds is 3. The summed E-state index contributed by atoms with van der Waals surface area (Å²) >= 11 is 6.27. The summed E-state index contributed by atoms with van der Waals surface area (Å²) in [5.74, 6) is 3.02. The molecule has 2 saturated heterocycles. The molecule has 0 bridgehead atoms. The largest absolute Gasteiger partial charge is 0.370 e. The fraction of sp³-hybridized carbons (Fsp3) is 0.526. The molecule has 1 atom stereocenters. The van der Waals surface area contributed by atoms with Crippen LogP contribution < -0.4 is 0 Å². The van der Waals surface area contributed by atoms with E-state index in [-0.39, 0.29) is 17.9 Å². The SMILES string of the molecule is C#CCN1CCC(C(=O)N2CCO[C@H](c3ccccc3Cl)C2)CC1.